The summed E-state index contributed by atoms with van der Waals surface area (Å²) in [6, 6.07) is 16.5. The Balaban J connectivity index is 1.40. The van der Waals surface area contributed by atoms with E-state index in [9.17, 15) is 9.59 Å². The van der Waals surface area contributed by atoms with Crippen molar-refractivity contribution in [1.29, 1.82) is 0 Å². The highest BCUT2D eigenvalue weighted by molar-refractivity contribution is 8.00. The molecule has 0 fully saturated rings. The summed E-state index contributed by atoms with van der Waals surface area (Å²) in [5.41, 5.74) is 0.667. The summed E-state index contributed by atoms with van der Waals surface area (Å²) in [7, 11) is 0. The second-order valence-electron chi connectivity index (χ2n) is 5.83. The molecular weight excluding hydrogens is 440 g/mol. The molecule has 0 aliphatic carbocycles. The van der Waals surface area contributed by atoms with Gasteiger partial charge in [0.1, 0.15) is 5.75 Å². The molecule has 2 aromatic carbocycles. The van der Waals surface area contributed by atoms with Crippen molar-refractivity contribution in [3.63, 3.8) is 0 Å². The first-order valence-electron chi connectivity index (χ1n) is 9.09. The minimum absolute atomic E-state index is 0.0647. The van der Waals surface area contributed by atoms with Gasteiger partial charge in [-0.2, -0.15) is 9.36 Å². The highest BCUT2D eigenvalue weighted by atomic mass is 32.2. The Morgan fingerprint density at radius 2 is 1.77 bits per heavy atom. The summed E-state index contributed by atoms with van der Waals surface area (Å²) in [5.74, 6) is 1.41. The van der Waals surface area contributed by atoms with Crippen molar-refractivity contribution in [2.24, 2.45) is 0 Å². The normalized spacial score (nSPS) is 10.4. The van der Waals surface area contributed by atoms with Crippen LogP contribution in [0.5, 0.6) is 5.75 Å². The van der Waals surface area contributed by atoms with E-state index >= 15 is 0 Å². The predicted octanol–water partition coefficient (Wildman–Crippen LogP) is 4.40. The van der Waals surface area contributed by atoms with Crippen LogP contribution in [0.2, 0.25) is 0 Å². The smallest absolute Gasteiger partial charge is 0.262 e. The largest absolute Gasteiger partial charge is 0.484 e. The van der Waals surface area contributed by atoms with Gasteiger partial charge in [0.25, 0.3) is 5.91 Å². The number of rotatable bonds is 10. The molecule has 0 saturated carbocycles. The molecule has 0 aliphatic heterocycles. The summed E-state index contributed by atoms with van der Waals surface area (Å²) in [6.45, 7) is 1.96. The summed E-state index contributed by atoms with van der Waals surface area (Å²) < 4.78 is 9.59. The van der Waals surface area contributed by atoms with Gasteiger partial charge < -0.3 is 10.1 Å². The van der Waals surface area contributed by atoms with Gasteiger partial charge in [-0.05, 0) is 42.2 Å². The number of amides is 2. The molecule has 3 aromatic rings. The summed E-state index contributed by atoms with van der Waals surface area (Å²) in [6.07, 6.45) is 0. The van der Waals surface area contributed by atoms with Crippen LogP contribution in [-0.4, -0.2) is 39.3 Å². The van der Waals surface area contributed by atoms with Crippen molar-refractivity contribution < 1.29 is 14.3 Å². The lowest BCUT2D eigenvalue weighted by Crippen LogP contribution is -2.20. The Bertz CT molecular complexity index is 965. The zero-order chi connectivity index (χ0) is 21.2. The fourth-order valence-corrected chi connectivity index (χ4v) is 4.23. The maximum absolute atomic E-state index is 12.1. The molecule has 30 heavy (non-hydrogen) atoms. The standard InChI is InChI=1S/C20H20N4O3S3/c1-2-28-20-23-19(30-24-20)22-18(26)13-29-16-10-8-14(9-11-16)21-17(25)12-27-15-6-4-3-5-7-15/h3-11H,2,12-13H2,1H3,(H,21,25)(H,22,23,24,26). The molecule has 2 N–H and O–H groups in total. The van der Waals surface area contributed by atoms with E-state index < -0.39 is 0 Å². The van der Waals surface area contributed by atoms with Gasteiger partial charge in [-0.3, -0.25) is 14.9 Å². The van der Waals surface area contributed by atoms with E-state index in [0.29, 0.717) is 21.7 Å². The highest BCUT2D eigenvalue weighted by Crippen LogP contribution is 2.22. The van der Waals surface area contributed by atoms with Crippen LogP contribution in [0.25, 0.3) is 0 Å². The van der Waals surface area contributed by atoms with E-state index in [2.05, 4.69) is 20.0 Å². The summed E-state index contributed by atoms with van der Waals surface area (Å²) in [4.78, 5) is 29.2. The van der Waals surface area contributed by atoms with Crippen molar-refractivity contribution in [3.8, 4) is 5.75 Å². The van der Waals surface area contributed by atoms with Crippen LogP contribution < -0.4 is 15.4 Å². The quantitative estimate of drug-likeness (QED) is 0.433. The molecule has 3 rings (SSSR count). The Hall–Kier alpha value is -2.56. The van der Waals surface area contributed by atoms with E-state index in [0.717, 1.165) is 10.6 Å². The molecule has 0 saturated heterocycles. The van der Waals surface area contributed by atoms with Gasteiger partial charge in [0, 0.05) is 22.1 Å². The third kappa shape index (κ3) is 7.36. The molecule has 7 nitrogen and oxygen atoms in total. The average Bonchev–Trinajstić information content (AvgIpc) is 3.19. The van der Waals surface area contributed by atoms with Gasteiger partial charge in [-0.15, -0.1) is 11.8 Å². The van der Waals surface area contributed by atoms with Crippen molar-refractivity contribution in [2.45, 2.75) is 17.0 Å². The van der Waals surface area contributed by atoms with Crippen molar-refractivity contribution >= 4 is 57.7 Å². The minimum atomic E-state index is -0.240. The SMILES string of the molecule is CCSc1nsc(NC(=O)CSc2ccc(NC(=O)COc3ccccc3)cc2)n1. The van der Waals surface area contributed by atoms with Gasteiger partial charge in [0.15, 0.2) is 6.61 Å². The number of para-hydroxylation sites is 1. The molecule has 0 aliphatic rings. The van der Waals surface area contributed by atoms with Crippen LogP contribution >= 0.6 is 35.1 Å². The number of anilines is 2. The van der Waals surface area contributed by atoms with Gasteiger partial charge in [-0.1, -0.05) is 36.9 Å². The van der Waals surface area contributed by atoms with Crippen LogP contribution in [0, 0.1) is 0 Å². The third-order valence-corrected chi connectivity index (χ3v) is 6.04. The van der Waals surface area contributed by atoms with E-state index in [1.165, 1.54) is 35.1 Å². The first kappa shape index (κ1) is 22.1. The zero-order valence-electron chi connectivity index (χ0n) is 16.2. The van der Waals surface area contributed by atoms with Crippen LogP contribution in [0.4, 0.5) is 10.8 Å². The van der Waals surface area contributed by atoms with E-state index in [-0.39, 0.29) is 24.2 Å². The van der Waals surface area contributed by atoms with Gasteiger partial charge >= 0.3 is 0 Å². The van der Waals surface area contributed by atoms with Crippen molar-refractivity contribution in [1.82, 2.24) is 9.36 Å². The lowest BCUT2D eigenvalue weighted by atomic mass is 10.3. The first-order valence-corrected chi connectivity index (χ1v) is 11.8. The monoisotopic (exact) mass is 460 g/mol. The molecule has 10 heteroatoms. The zero-order valence-corrected chi connectivity index (χ0v) is 18.6. The van der Waals surface area contributed by atoms with Gasteiger partial charge in [0.2, 0.25) is 16.2 Å². The Kier molecular flexibility index (Phi) is 8.54. The molecule has 0 unspecified atom stereocenters. The molecule has 0 atom stereocenters. The molecule has 0 spiro atoms. The van der Waals surface area contributed by atoms with E-state index in [1.54, 1.807) is 24.3 Å². The Morgan fingerprint density at radius 1 is 1.00 bits per heavy atom. The third-order valence-electron chi connectivity index (χ3n) is 3.55. The number of nitrogens with zero attached hydrogens (tertiary/aromatic N) is 2. The number of thioether (sulfide) groups is 2. The van der Waals surface area contributed by atoms with Crippen LogP contribution in [0.15, 0.2) is 64.6 Å². The first-order chi connectivity index (χ1) is 14.6. The predicted molar refractivity (Wildman–Crippen MR) is 123 cm³/mol. The number of benzene rings is 2. The number of hydrogen-bond donors (Lipinski definition) is 2. The van der Waals surface area contributed by atoms with Crippen LogP contribution in [0.1, 0.15) is 6.92 Å². The van der Waals surface area contributed by atoms with Crippen molar-refractivity contribution in [3.05, 3.63) is 54.6 Å². The lowest BCUT2D eigenvalue weighted by molar-refractivity contribution is -0.118. The van der Waals surface area contributed by atoms with E-state index in [1.807, 2.05) is 37.3 Å². The molecule has 1 heterocycles. The second-order valence-corrected chi connectivity index (χ2v) is 8.86. The topological polar surface area (TPSA) is 93.2 Å². The maximum Gasteiger partial charge on any atom is 0.262 e. The van der Waals surface area contributed by atoms with Crippen molar-refractivity contribution in [2.75, 3.05) is 28.7 Å². The average molecular weight is 461 g/mol. The number of hydrogen-bond acceptors (Lipinski definition) is 8. The number of carbonyl (C=O) groups excluding carboxylic acids is 2. The fraction of sp³-hybridized carbons (Fsp3) is 0.200. The number of carbonyl (C=O) groups is 2. The Labute approximate surface area is 187 Å². The highest BCUT2D eigenvalue weighted by Gasteiger charge is 2.09. The van der Waals surface area contributed by atoms with Crippen LogP contribution in [-0.2, 0) is 9.59 Å². The van der Waals surface area contributed by atoms with Crippen LogP contribution in [0.3, 0.4) is 0 Å². The Morgan fingerprint density at radius 3 is 2.50 bits per heavy atom. The van der Waals surface area contributed by atoms with E-state index in [4.69, 9.17) is 4.74 Å². The maximum atomic E-state index is 12.1. The number of nitrogens with one attached hydrogen (secondary N) is 2. The number of aromatic nitrogens is 2. The fourth-order valence-electron chi connectivity index (χ4n) is 2.25. The number of ether oxygens (including phenoxy) is 1. The lowest BCUT2D eigenvalue weighted by Gasteiger charge is -2.08. The minimum Gasteiger partial charge on any atom is -0.484 e. The molecule has 156 valence electrons. The summed E-state index contributed by atoms with van der Waals surface area (Å²) >= 11 is 4.11. The molecule has 0 bridgehead atoms. The molecule has 2 amide bonds. The molecule has 0 radical (unpaired) electrons. The molecular formula is C20H20N4O3S3. The molecule has 1 aromatic heterocycles. The second kappa shape index (κ2) is 11.6. The van der Waals surface area contributed by atoms with Gasteiger partial charge in [0.05, 0.1) is 5.75 Å². The van der Waals surface area contributed by atoms with Gasteiger partial charge in [-0.25, -0.2) is 0 Å². The summed E-state index contributed by atoms with van der Waals surface area (Å²) in [5, 5.41) is 6.72.